The Kier molecular flexibility index (Phi) is 6.25. The Bertz CT molecular complexity index is 380. The second kappa shape index (κ2) is 7.46. The average molecular weight is 266 g/mol. The number of pyridine rings is 1. The maximum atomic E-state index is 5.83. The molecule has 108 valence electrons. The normalized spacial score (nSPS) is 13.3. The summed E-state index contributed by atoms with van der Waals surface area (Å²) in [5.41, 5.74) is 0.781. The summed E-state index contributed by atoms with van der Waals surface area (Å²) in [4.78, 5) is 4.26. The molecular formula is C15H26N2O2. The van der Waals surface area contributed by atoms with E-state index in [1.807, 2.05) is 26.2 Å². The van der Waals surface area contributed by atoms with E-state index < -0.39 is 0 Å². The van der Waals surface area contributed by atoms with Gasteiger partial charge in [-0.2, -0.15) is 0 Å². The summed E-state index contributed by atoms with van der Waals surface area (Å²) in [5, 5.41) is 3.31. The molecule has 1 aromatic heterocycles. The highest BCUT2D eigenvalue weighted by Crippen LogP contribution is 2.29. The van der Waals surface area contributed by atoms with E-state index in [9.17, 15) is 0 Å². The monoisotopic (exact) mass is 266 g/mol. The van der Waals surface area contributed by atoms with Crippen molar-refractivity contribution < 1.29 is 9.47 Å². The van der Waals surface area contributed by atoms with Crippen molar-refractivity contribution in [2.75, 3.05) is 20.3 Å². The molecule has 1 atom stereocenters. The van der Waals surface area contributed by atoms with Crippen LogP contribution in [0.1, 0.15) is 45.7 Å². The minimum Gasteiger partial charge on any atom is -0.492 e. The standard InChI is InChI=1S/C15H26N2O2/c1-6-8-18-13-9-12(10-17-11-13)14(16-5)15(3,4)19-7-2/h9-11,14,16H,6-8H2,1-5H3. The molecule has 1 rings (SSSR count). The van der Waals surface area contributed by atoms with Crippen molar-refractivity contribution >= 4 is 0 Å². The summed E-state index contributed by atoms with van der Waals surface area (Å²) < 4.78 is 11.5. The summed E-state index contributed by atoms with van der Waals surface area (Å²) in [5.74, 6) is 0.812. The van der Waals surface area contributed by atoms with E-state index in [0.29, 0.717) is 13.2 Å². The van der Waals surface area contributed by atoms with Crippen molar-refractivity contribution in [1.29, 1.82) is 0 Å². The summed E-state index contributed by atoms with van der Waals surface area (Å²) in [6, 6.07) is 2.11. The van der Waals surface area contributed by atoms with Crippen LogP contribution in [0.5, 0.6) is 5.75 Å². The number of likely N-dealkylation sites (N-methyl/N-ethyl adjacent to an activating group) is 1. The third kappa shape index (κ3) is 4.48. The van der Waals surface area contributed by atoms with E-state index >= 15 is 0 Å². The van der Waals surface area contributed by atoms with Crippen molar-refractivity contribution in [3.05, 3.63) is 24.0 Å². The molecular weight excluding hydrogens is 240 g/mol. The van der Waals surface area contributed by atoms with Gasteiger partial charge in [-0.3, -0.25) is 4.98 Å². The number of hydrogen-bond donors (Lipinski definition) is 1. The lowest BCUT2D eigenvalue weighted by Gasteiger charge is -2.34. The second-order valence-electron chi connectivity index (χ2n) is 5.06. The molecule has 1 N–H and O–H groups in total. The van der Waals surface area contributed by atoms with Gasteiger partial charge in [-0.15, -0.1) is 0 Å². The molecule has 1 heterocycles. The van der Waals surface area contributed by atoms with Crippen LogP contribution in [0.3, 0.4) is 0 Å². The lowest BCUT2D eigenvalue weighted by molar-refractivity contribution is -0.0375. The van der Waals surface area contributed by atoms with E-state index in [1.54, 1.807) is 6.20 Å². The number of ether oxygens (including phenoxy) is 2. The fourth-order valence-corrected chi connectivity index (χ4v) is 2.26. The molecule has 0 fully saturated rings. The predicted octanol–water partition coefficient (Wildman–Crippen LogP) is 2.95. The van der Waals surface area contributed by atoms with Gasteiger partial charge in [0.25, 0.3) is 0 Å². The van der Waals surface area contributed by atoms with Crippen LogP contribution in [0, 0.1) is 0 Å². The summed E-state index contributed by atoms with van der Waals surface area (Å²) in [6.07, 6.45) is 4.60. The van der Waals surface area contributed by atoms with Crippen molar-refractivity contribution in [2.24, 2.45) is 0 Å². The molecule has 0 bridgehead atoms. The van der Waals surface area contributed by atoms with Gasteiger partial charge < -0.3 is 14.8 Å². The van der Waals surface area contributed by atoms with Crippen molar-refractivity contribution in [1.82, 2.24) is 10.3 Å². The molecule has 0 spiro atoms. The van der Waals surface area contributed by atoms with E-state index in [-0.39, 0.29) is 11.6 Å². The Balaban J connectivity index is 2.92. The number of rotatable bonds is 8. The third-order valence-corrected chi connectivity index (χ3v) is 3.04. The van der Waals surface area contributed by atoms with Gasteiger partial charge in [-0.05, 0) is 45.9 Å². The average Bonchev–Trinajstić information content (AvgIpc) is 2.37. The largest absolute Gasteiger partial charge is 0.492 e. The maximum Gasteiger partial charge on any atom is 0.137 e. The van der Waals surface area contributed by atoms with Crippen molar-refractivity contribution in [3.8, 4) is 5.75 Å². The molecule has 0 aliphatic heterocycles. The first kappa shape index (κ1) is 15.9. The lowest BCUT2D eigenvalue weighted by atomic mass is 9.92. The van der Waals surface area contributed by atoms with Crippen LogP contribution < -0.4 is 10.1 Å². The van der Waals surface area contributed by atoms with E-state index in [1.165, 1.54) is 0 Å². The van der Waals surface area contributed by atoms with Crippen LogP contribution in [0.2, 0.25) is 0 Å². The molecule has 0 aromatic carbocycles. The quantitative estimate of drug-likeness (QED) is 0.785. The van der Waals surface area contributed by atoms with Crippen LogP contribution in [-0.4, -0.2) is 30.8 Å². The topological polar surface area (TPSA) is 43.4 Å². The lowest BCUT2D eigenvalue weighted by Crippen LogP contribution is -2.40. The van der Waals surface area contributed by atoms with E-state index in [2.05, 4.69) is 31.1 Å². The third-order valence-electron chi connectivity index (χ3n) is 3.04. The van der Waals surface area contributed by atoms with Crippen LogP contribution in [0.4, 0.5) is 0 Å². The smallest absolute Gasteiger partial charge is 0.137 e. The Labute approximate surface area is 116 Å². The zero-order valence-electron chi connectivity index (χ0n) is 12.7. The first-order valence-corrected chi connectivity index (χ1v) is 6.94. The highest BCUT2D eigenvalue weighted by molar-refractivity contribution is 5.27. The van der Waals surface area contributed by atoms with Gasteiger partial charge in [0.1, 0.15) is 5.75 Å². The van der Waals surface area contributed by atoms with Crippen molar-refractivity contribution in [2.45, 2.75) is 45.8 Å². The van der Waals surface area contributed by atoms with Crippen molar-refractivity contribution in [3.63, 3.8) is 0 Å². The Morgan fingerprint density at radius 1 is 1.32 bits per heavy atom. The fraction of sp³-hybridized carbons (Fsp3) is 0.667. The van der Waals surface area contributed by atoms with Crippen LogP contribution in [-0.2, 0) is 4.74 Å². The number of hydrogen-bond acceptors (Lipinski definition) is 4. The number of nitrogens with zero attached hydrogens (tertiary/aromatic N) is 1. The highest BCUT2D eigenvalue weighted by atomic mass is 16.5. The summed E-state index contributed by atoms with van der Waals surface area (Å²) in [6.45, 7) is 9.66. The molecule has 4 nitrogen and oxygen atoms in total. The first-order chi connectivity index (χ1) is 9.05. The summed E-state index contributed by atoms with van der Waals surface area (Å²) >= 11 is 0. The maximum absolute atomic E-state index is 5.83. The fourth-order valence-electron chi connectivity index (χ4n) is 2.26. The molecule has 4 heteroatoms. The number of nitrogens with one attached hydrogen (secondary N) is 1. The van der Waals surface area contributed by atoms with E-state index in [0.717, 1.165) is 17.7 Å². The van der Waals surface area contributed by atoms with Crippen LogP contribution >= 0.6 is 0 Å². The zero-order chi connectivity index (χ0) is 14.3. The molecule has 0 aliphatic rings. The Morgan fingerprint density at radius 3 is 2.63 bits per heavy atom. The van der Waals surface area contributed by atoms with E-state index in [4.69, 9.17) is 9.47 Å². The van der Waals surface area contributed by atoms with Gasteiger partial charge >= 0.3 is 0 Å². The first-order valence-electron chi connectivity index (χ1n) is 6.94. The molecule has 0 aliphatic carbocycles. The van der Waals surface area contributed by atoms with Gasteiger partial charge in [-0.1, -0.05) is 6.92 Å². The van der Waals surface area contributed by atoms with Gasteiger partial charge in [0.15, 0.2) is 0 Å². The number of aromatic nitrogens is 1. The minimum absolute atomic E-state index is 0.0742. The Hall–Kier alpha value is -1.13. The van der Waals surface area contributed by atoms with Crippen LogP contribution in [0.15, 0.2) is 18.5 Å². The van der Waals surface area contributed by atoms with Gasteiger partial charge in [0, 0.05) is 12.8 Å². The van der Waals surface area contributed by atoms with Gasteiger partial charge in [0.05, 0.1) is 24.4 Å². The molecule has 0 radical (unpaired) electrons. The molecule has 19 heavy (non-hydrogen) atoms. The molecule has 0 amide bonds. The predicted molar refractivity (Wildman–Crippen MR) is 77.5 cm³/mol. The summed E-state index contributed by atoms with van der Waals surface area (Å²) in [7, 11) is 1.94. The minimum atomic E-state index is -0.297. The SMILES string of the molecule is CCCOc1cncc(C(NC)C(C)(C)OCC)c1. The zero-order valence-corrected chi connectivity index (χ0v) is 12.7. The highest BCUT2D eigenvalue weighted by Gasteiger charge is 2.30. The Morgan fingerprint density at radius 2 is 2.05 bits per heavy atom. The molecule has 1 unspecified atom stereocenters. The van der Waals surface area contributed by atoms with Crippen LogP contribution in [0.25, 0.3) is 0 Å². The molecule has 0 saturated heterocycles. The molecule has 0 saturated carbocycles. The van der Waals surface area contributed by atoms with Gasteiger partial charge in [0.2, 0.25) is 0 Å². The van der Waals surface area contributed by atoms with Gasteiger partial charge in [-0.25, -0.2) is 0 Å². The second-order valence-corrected chi connectivity index (χ2v) is 5.06. The molecule has 1 aromatic rings.